The van der Waals surface area contributed by atoms with Crippen LogP contribution in [0.4, 0.5) is 0 Å². The van der Waals surface area contributed by atoms with Crippen LogP contribution in [-0.4, -0.2) is 35.0 Å². The summed E-state index contributed by atoms with van der Waals surface area (Å²) in [5.74, 6) is -0.676. The molecule has 2 unspecified atom stereocenters. The highest BCUT2D eigenvalue weighted by molar-refractivity contribution is 5.78. The van der Waals surface area contributed by atoms with Crippen molar-refractivity contribution >= 4 is 17.7 Å². The van der Waals surface area contributed by atoms with Gasteiger partial charge in [-0.3, -0.25) is 14.4 Å². The highest BCUT2D eigenvalue weighted by Crippen LogP contribution is 2.02. The minimum atomic E-state index is -0.461. The van der Waals surface area contributed by atoms with Gasteiger partial charge in [0.1, 0.15) is 12.3 Å². The van der Waals surface area contributed by atoms with Gasteiger partial charge in [-0.2, -0.15) is 0 Å². The van der Waals surface area contributed by atoms with E-state index in [1.54, 1.807) is 13.8 Å². The Morgan fingerprint density at radius 2 is 1.19 bits per heavy atom. The Morgan fingerprint density at radius 1 is 0.875 bits per heavy atom. The average Bonchev–Trinajstić information content (AvgIpc) is 1.98. The summed E-state index contributed by atoms with van der Waals surface area (Å²) in [6.07, 6.45) is -0.923. The lowest BCUT2D eigenvalue weighted by molar-refractivity contribution is -0.137. The van der Waals surface area contributed by atoms with E-state index in [0.29, 0.717) is 0 Å². The lowest BCUT2D eigenvalue weighted by Gasteiger charge is -2.34. The molecule has 0 aromatic heterocycles. The Kier molecular flexibility index (Phi) is 5.49. The van der Waals surface area contributed by atoms with Crippen LogP contribution in [0.1, 0.15) is 34.6 Å². The summed E-state index contributed by atoms with van der Waals surface area (Å²) >= 11 is 0. The molecule has 0 rings (SSSR count). The summed E-state index contributed by atoms with van der Waals surface area (Å²) < 4.78 is 0. The molecule has 92 valence electrons. The third kappa shape index (κ3) is 4.77. The van der Waals surface area contributed by atoms with Gasteiger partial charge in [0.25, 0.3) is 0 Å². The molecule has 0 aliphatic carbocycles. The number of hydrogen-bond donors (Lipinski definition) is 2. The van der Waals surface area contributed by atoms with E-state index >= 15 is 0 Å². The topological polar surface area (TPSA) is 78.5 Å². The molecule has 0 aromatic rings. The number of nitrogens with zero attached hydrogens (tertiary/aromatic N) is 1. The van der Waals surface area contributed by atoms with Crippen LogP contribution in [0.2, 0.25) is 0 Å². The van der Waals surface area contributed by atoms with Gasteiger partial charge in [-0.05, 0) is 13.8 Å². The molecule has 0 aromatic carbocycles. The van der Waals surface area contributed by atoms with Gasteiger partial charge in [0, 0.05) is 20.8 Å². The van der Waals surface area contributed by atoms with E-state index in [-0.39, 0.29) is 17.7 Å². The molecule has 2 atom stereocenters. The van der Waals surface area contributed by atoms with Gasteiger partial charge in [-0.25, -0.2) is 0 Å². The number of nitrogens with one attached hydrogen (secondary N) is 2. The molecule has 0 aliphatic rings. The summed E-state index contributed by atoms with van der Waals surface area (Å²) in [5, 5.41) is 5.19. The van der Waals surface area contributed by atoms with Crippen molar-refractivity contribution < 1.29 is 14.4 Å². The van der Waals surface area contributed by atoms with Crippen LogP contribution in [-0.2, 0) is 14.4 Å². The van der Waals surface area contributed by atoms with Crippen molar-refractivity contribution in [2.45, 2.75) is 47.0 Å². The van der Waals surface area contributed by atoms with Gasteiger partial charge in [-0.1, -0.05) is 0 Å². The summed E-state index contributed by atoms with van der Waals surface area (Å²) in [7, 11) is 0. The quantitative estimate of drug-likeness (QED) is 0.655. The molecule has 16 heavy (non-hydrogen) atoms. The average molecular weight is 229 g/mol. The van der Waals surface area contributed by atoms with E-state index in [1.807, 2.05) is 0 Å². The minimum absolute atomic E-state index is 0.220. The van der Waals surface area contributed by atoms with Crippen molar-refractivity contribution in [1.82, 2.24) is 15.5 Å². The molecule has 0 spiro atoms. The normalized spacial score (nSPS) is 13.6. The zero-order valence-corrected chi connectivity index (χ0v) is 10.3. The Morgan fingerprint density at radius 3 is 1.38 bits per heavy atom. The standard InChI is InChI=1S/C10H19N3O3/c1-6(11-8(3)14)13(10(5)16)7(2)12-9(4)15/h6-7H,1-5H3,(H,11,14)(H,12,15). The van der Waals surface area contributed by atoms with Crippen LogP contribution in [0, 0.1) is 0 Å². The molecule has 0 bridgehead atoms. The second kappa shape index (κ2) is 6.09. The highest BCUT2D eigenvalue weighted by atomic mass is 16.2. The molecular weight excluding hydrogens is 210 g/mol. The zero-order valence-electron chi connectivity index (χ0n) is 10.3. The molecule has 0 saturated carbocycles. The lowest BCUT2D eigenvalue weighted by atomic mass is 10.3. The molecule has 2 N–H and O–H groups in total. The second-order valence-corrected chi connectivity index (χ2v) is 3.68. The Balaban J connectivity index is 4.65. The van der Waals surface area contributed by atoms with Crippen LogP contribution in [0.3, 0.4) is 0 Å². The molecule has 0 radical (unpaired) electrons. The highest BCUT2D eigenvalue weighted by Gasteiger charge is 2.23. The van der Waals surface area contributed by atoms with Gasteiger partial charge in [0.2, 0.25) is 17.7 Å². The van der Waals surface area contributed by atoms with E-state index in [1.165, 1.54) is 25.7 Å². The first-order chi connectivity index (χ1) is 7.25. The minimum Gasteiger partial charge on any atom is -0.336 e. The third-order valence-corrected chi connectivity index (χ3v) is 2.02. The fraction of sp³-hybridized carbons (Fsp3) is 0.700. The van der Waals surface area contributed by atoms with Crippen molar-refractivity contribution in [2.75, 3.05) is 0 Å². The van der Waals surface area contributed by atoms with Crippen molar-refractivity contribution in [2.24, 2.45) is 0 Å². The first-order valence-electron chi connectivity index (χ1n) is 5.08. The maximum atomic E-state index is 11.4. The molecule has 0 fully saturated rings. The van der Waals surface area contributed by atoms with E-state index in [0.717, 1.165) is 0 Å². The maximum Gasteiger partial charge on any atom is 0.222 e. The van der Waals surface area contributed by atoms with Crippen LogP contribution < -0.4 is 10.6 Å². The molecule has 6 nitrogen and oxygen atoms in total. The lowest BCUT2D eigenvalue weighted by Crippen LogP contribution is -2.56. The number of rotatable bonds is 4. The van der Waals surface area contributed by atoms with Crippen molar-refractivity contribution in [3.63, 3.8) is 0 Å². The fourth-order valence-electron chi connectivity index (χ4n) is 1.61. The smallest absolute Gasteiger partial charge is 0.222 e. The Hall–Kier alpha value is -1.59. The van der Waals surface area contributed by atoms with Gasteiger partial charge >= 0.3 is 0 Å². The van der Waals surface area contributed by atoms with Crippen LogP contribution in [0.15, 0.2) is 0 Å². The van der Waals surface area contributed by atoms with Gasteiger partial charge in [0.05, 0.1) is 0 Å². The van der Waals surface area contributed by atoms with E-state index in [9.17, 15) is 14.4 Å². The van der Waals surface area contributed by atoms with Crippen molar-refractivity contribution in [1.29, 1.82) is 0 Å². The molecule has 6 heteroatoms. The van der Waals surface area contributed by atoms with Gasteiger partial charge in [0.15, 0.2) is 0 Å². The van der Waals surface area contributed by atoms with Crippen LogP contribution in [0.5, 0.6) is 0 Å². The summed E-state index contributed by atoms with van der Waals surface area (Å²) in [6, 6.07) is 0. The van der Waals surface area contributed by atoms with Crippen LogP contribution >= 0.6 is 0 Å². The molecule has 0 saturated heterocycles. The summed E-state index contributed by atoms with van der Waals surface area (Å²) in [5.41, 5.74) is 0. The zero-order chi connectivity index (χ0) is 12.9. The summed E-state index contributed by atoms with van der Waals surface area (Å²) in [6.45, 7) is 7.49. The Labute approximate surface area is 95.4 Å². The van der Waals surface area contributed by atoms with Crippen molar-refractivity contribution in [3.05, 3.63) is 0 Å². The predicted octanol–water partition coefficient (Wildman–Crippen LogP) is -0.201. The molecule has 0 aliphatic heterocycles. The number of carbonyl (C=O) groups excluding carboxylic acids is 3. The number of hydrogen-bond acceptors (Lipinski definition) is 3. The monoisotopic (exact) mass is 229 g/mol. The Bertz CT molecular complexity index is 269. The van der Waals surface area contributed by atoms with Crippen molar-refractivity contribution in [3.8, 4) is 0 Å². The van der Waals surface area contributed by atoms with E-state index in [2.05, 4.69) is 10.6 Å². The number of carbonyl (C=O) groups is 3. The second-order valence-electron chi connectivity index (χ2n) is 3.68. The van der Waals surface area contributed by atoms with E-state index in [4.69, 9.17) is 0 Å². The third-order valence-electron chi connectivity index (χ3n) is 2.02. The molecular formula is C10H19N3O3. The SMILES string of the molecule is CC(=O)NC(C)N(C(C)=O)C(C)NC(C)=O. The first kappa shape index (κ1) is 14.4. The predicted molar refractivity (Wildman–Crippen MR) is 59.1 cm³/mol. The van der Waals surface area contributed by atoms with Gasteiger partial charge < -0.3 is 15.5 Å². The largest absolute Gasteiger partial charge is 0.336 e. The summed E-state index contributed by atoms with van der Waals surface area (Å²) in [4.78, 5) is 34.6. The van der Waals surface area contributed by atoms with Crippen LogP contribution in [0.25, 0.3) is 0 Å². The maximum absolute atomic E-state index is 11.4. The van der Waals surface area contributed by atoms with Gasteiger partial charge in [-0.15, -0.1) is 0 Å². The van der Waals surface area contributed by atoms with E-state index < -0.39 is 12.3 Å². The number of amides is 3. The fourth-order valence-corrected chi connectivity index (χ4v) is 1.61. The first-order valence-corrected chi connectivity index (χ1v) is 5.08. The molecule has 0 heterocycles. The molecule has 3 amide bonds.